The molecule has 0 aliphatic carbocycles. The highest BCUT2D eigenvalue weighted by molar-refractivity contribution is 7.17. The fourth-order valence-electron chi connectivity index (χ4n) is 2.12. The van der Waals surface area contributed by atoms with Crippen molar-refractivity contribution >= 4 is 32.8 Å². The molecule has 2 aromatic carbocycles. The lowest BCUT2D eigenvalue weighted by Crippen LogP contribution is -2.01. The van der Waals surface area contributed by atoms with Gasteiger partial charge in [-0.3, -0.25) is 10.1 Å². The van der Waals surface area contributed by atoms with E-state index in [-0.39, 0.29) is 5.69 Å². The number of nitro groups is 1. The summed E-state index contributed by atoms with van der Waals surface area (Å²) in [5.41, 5.74) is 1.19. The van der Waals surface area contributed by atoms with Crippen LogP contribution in [0.4, 0.5) is 15.8 Å². The van der Waals surface area contributed by atoms with Gasteiger partial charge < -0.3 is 5.32 Å². The van der Waals surface area contributed by atoms with Crippen LogP contribution in [-0.2, 0) is 6.54 Å². The Hall–Kier alpha value is -2.47. The highest BCUT2D eigenvalue weighted by Crippen LogP contribution is 2.24. The number of thiophene rings is 1. The number of rotatable bonds is 4. The monoisotopic (exact) mass is 302 g/mol. The van der Waals surface area contributed by atoms with Crippen LogP contribution in [0.2, 0.25) is 0 Å². The number of benzene rings is 2. The third-order valence-corrected chi connectivity index (χ3v) is 4.00. The number of nitro benzene ring substituents is 1. The van der Waals surface area contributed by atoms with E-state index in [1.807, 2.05) is 29.6 Å². The first kappa shape index (κ1) is 13.5. The third kappa shape index (κ3) is 3.00. The topological polar surface area (TPSA) is 55.2 Å². The summed E-state index contributed by atoms with van der Waals surface area (Å²) in [7, 11) is 0. The standard InChI is InChI=1S/C15H11FN2O2S/c16-12-5-10(6-14(8-12)18(19)20)9-17-13-1-2-15-11(7-13)3-4-21-15/h1-8,17H,9H2. The number of non-ortho nitro benzene ring substituents is 1. The molecule has 0 radical (unpaired) electrons. The van der Waals surface area contributed by atoms with Crippen molar-refractivity contribution in [3.05, 3.63) is 69.3 Å². The number of nitrogens with zero attached hydrogens (tertiary/aromatic N) is 1. The van der Waals surface area contributed by atoms with Crippen molar-refractivity contribution in [2.75, 3.05) is 5.32 Å². The maximum absolute atomic E-state index is 13.3. The molecular weight excluding hydrogens is 291 g/mol. The Balaban J connectivity index is 1.79. The molecule has 1 N–H and O–H groups in total. The van der Waals surface area contributed by atoms with Crippen LogP contribution in [0.15, 0.2) is 47.8 Å². The molecule has 6 heteroatoms. The molecule has 1 aromatic heterocycles. The SMILES string of the molecule is O=[N+]([O-])c1cc(F)cc(CNc2ccc3sccc3c2)c1. The molecule has 0 atom stereocenters. The molecule has 1 heterocycles. The van der Waals surface area contributed by atoms with Gasteiger partial charge >= 0.3 is 0 Å². The molecule has 4 nitrogen and oxygen atoms in total. The van der Waals surface area contributed by atoms with E-state index in [0.717, 1.165) is 17.1 Å². The van der Waals surface area contributed by atoms with Gasteiger partial charge in [0.05, 0.1) is 11.0 Å². The van der Waals surface area contributed by atoms with Crippen LogP contribution in [0.3, 0.4) is 0 Å². The van der Waals surface area contributed by atoms with Gasteiger partial charge in [-0.1, -0.05) is 0 Å². The minimum atomic E-state index is -0.603. The first-order chi connectivity index (χ1) is 10.1. The predicted molar refractivity (Wildman–Crippen MR) is 82.2 cm³/mol. The van der Waals surface area contributed by atoms with Gasteiger partial charge in [-0.25, -0.2) is 4.39 Å². The van der Waals surface area contributed by atoms with Crippen molar-refractivity contribution in [2.24, 2.45) is 0 Å². The Morgan fingerprint density at radius 1 is 1.19 bits per heavy atom. The van der Waals surface area contributed by atoms with Crippen LogP contribution in [-0.4, -0.2) is 4.92 Å². The lowest BCUT2D eigenvalue weighted by atomic mass is 10.2. The number of anilines is 1. The normalized spacial score (nSPS) is 10.7. The van der Waals surface area contributed by atoms with E-state index in [1.54, 1.807) is 11.3 Å². The Kier molecular flexibility index (Phi) is 3.53. The Morgan fingerprint density at radius 2 is 2.05 bits per heavy atom. The molecule has 3 rings (SSSR count). The van der Waals surface area contributed by atoms with Crippen LogP contribution < -0.4 is 5.32 Å². The van der Waals surface area contributed by atoms with Crippen LogP contribution in [0.5, 0.6) is 0 Å². The molecule has 0 aliphatic rings. The zero-order valence-electron chi connectivity index (χ0n) is 10.9. The predicted octanol–water partition coefficient (Wildman–Crippen LogP) is 4.56. The molecular formula is C15H11FN2O2S. The number of hydrogen-bond acceptors (Lipinski definition) is 4. The molecule has 0 fully saturated rings. The zero-order chi connectivity index (χ0) is 14.8. The van der Waals surface area contributed by atoms with E-state index < -0.39 is 10.7 Å². The largest absolute Gasteiger partial charge is 0.381 e. The van der Waals surface area contributed by atoms with Gasteiger partial charge in [-0.05, 0) is 46.7 Å². The second-order valence-electron chi connectivity index (χ2n) is 4.60. The van der Waals surface area contributed by atoms with Crippen molar-refractivity contribution in [3.63, 3.8) is 0 Å². The lowest BCUT2D eigenvalue weighted by Gasteiger charge is -2.07. The molecule has 3 aromatic rings. The van der Waals surface area contributed by atoms with E-state index in [2.05, 4.69) is 5.32 Å². The van der Waals surface area contributed by atoms with Crippen molar-refractivity contribution in [1.29, 1.82) is 0 Å². The Bertz CT molecular complexity index is 816. The smallest absolute Gasteiger partial charge is 0.272 e. The summed E-state index contributed by atoms with van der Waals surface area (Å²) in [6.45, 7) is 0.328. The Morgan fingerprint density at radius 3 is 2.86 bits per heavy atom. The fraction of sp³-hybridized carbons (Fsp3) is 0.0667. The van der Waals surface area contributed by atoms with Crippen LogP contribution in [0, 0.1) is 15.9 Å². The van der Waals surface area contributed by atoms with E-state index in [0.29, 0.717) is 12.1 Å². The maximum Gasteiger partial charge on any atom is 0.272 e. The van der Waals surface area contributed by atoms with Crippen LogP contribution in [0.25, 0.3) is 10.1 Å². The van der Waals surface area contributed by atoms with Gasteiger partial charge in [0.15, 0.2) is 0 Å². The lowest BCUT2D eigenvalue weighted by molar-refractivity contribution is -0.385. The summed E-state index contributed by atoms with van der Waals surface area (Å²) in [6.07, 6.45) is 0. The zero-order valence-corrected chi connectivity index (χ0v) is 11.7. The van der Waals surface area contributed by atoms with Crippen LogP contribution >= 0.6 is 11.3 Å². The quantitative estimate of drug-likeness (QED) is 0.567. The van der Waals surface area contributed by atoms with Gasteiger partial charge in [0.25, 0.3) is 5.69 Å². The molecule has 106 valence electrons. The summed E-state index contributed by atoms with van der Waals surface area (Å²) < 4.78 is 14.5. The van der Waals surface area contributed by atoms with Gasteiger partial charge in [0, 0.05) is 23.0 Å². The summed E-state index contributed by atoms with van der Waals surface area (Å²) in [5.74, 6) is -0.603. The van der Waals surface area contributed by atoms with Crippen molar-refractivity contribution in [2.45, 2.75) is 6.54 Å². The first-order valence-corrected chi connectivity index (χ1v) is 7.15. The van der Waals surface area contributed by atoms with E-state index in [9.17, 15) is 14.5 Å². The molecule has 0 amide bonds. The highest BCUT2D eigenvalue weighted by atomic mass is 32.1. The first-order valence-electron chi connectivity index (χ1n) is 6.27. The molecule has 0 spiro atoms. The van der Waals surface area contributed by atoms with Crippen molar-refractivity contribution in [3.8, 4) is 0 Å². The molecule has 21 heavy (non-hydrogen) atoms. The van der Waals surface area contributed by atoms with Crippen LogP contribution in [0.1, 0.15) is 5.56 Å². The second-order valence-corrected chi connectivity index (χ2v) is 5.55. The van der Waals surface area contributed by atoms with Gasteiger partial charge in [-0.2, -0.15) is 0 Å². The average Bonchev–Trinajstić information content (AvgIpc) is 2.92. The molecule has 0 aliphatic heterocycles. The number of hydrogen-bond donors (Lipinski definition) is 1. The van der Waals surface area contributed by atoms with E-state index >= 15 is 0 Å². The second kappa shape index (κ2) is 5.49. The summed E-state index contributed by atoms with van der Waals surface area (Å²) in [4.78, 5) is 10.1. The minimum absolute atomic E-state index is 0.236. The van der Waals surface area contributed by atoms with Crippen molar-refractivity contribution in [1.82, 2.24) is 0 Å². The summed E-state index contributed by atoms with van der Waals surface area (Å²) in [5, 5.41) is 17.0. The van der Waals surface area contributed by atoms with Gasteiger partial charge in [-0.15, -0.1) is 11.3 Å². The number of fused-ring (bicyclic) bond motifs is 1. The average molecular weight is 302 g/mol. The van der Waals surface area contributed by atoms with E-state index in [1.165, 1.54) is 16.8 Å². The third-order valence-electron chi connectivity index (χ3n) is 3.10. The van der Waals surface area contributed by atoms with Crippen molar-refractivity contribution < 1.29 is 9.31 Å². The van der Waals surface area contributed by atoms with Gasteiger partial charge in [0.1, 0.15) is 5.82 Å². The molecule has 0 saturated heterocycles. The fourth-order valence-corrected chi connectivity index (χ4v) is 2.89. The highest BCUT2D eigenvalue weighted by Gasteiger charge is 2.09. The maximum atomic E-state index is 13.3. The van der Waals surface area contributed by atoms with Gasteiger partial charge in [0.2, 0.25) is 0 Å². The summed E-state index contributed by atoms with van der Waals surface area (Å²) in [6, 6.07) is 11.6. The minimum Gasteiger partial charge on any atom is -0.381 e. The molecule has 0 bridgehead atoms. The van der Waals surface area contributed by atoms with E-state index in [4.69, 9.17) is 0 Å². The number of nitrogens with one attached hydrogen (secondary N) is 1. The summed E-state index contributed by atoms with van der Waals surface area (Å²) >= 11 is 1.67. The molecule has 0 saturated carbocycles. The Labute approximate surface area is 124 Å². The number of halogens is 1. The molecule has 0 unspecified atom stereocenters.